The zero-order valence-electron chi connectivity index (χ0n) is 8.84. The molecule has 0 N–H and O–H groups in total. The average molecular weight is 206 g/mol. The van der Waals surface area contributed by atoms with E-state index in [1.807, 2.05) is 6.92 Å². The molecule has 0 radical (unpaired) electrons. The topological polar surface area (TPSA) is 34.9 Å². The van der Waals surface area contributed by atoms with Crippen molar-refractivity contribution in [3.05, 3.63) is 39.7 Å². The molecule has 2 aromatic rings. The lowest BCUT2D eigenvalue weighted by atomic mass is 10.1. The Balaban J connectivity index is 3.12. The molecule has 1 heterocycles. The Morgan fingerprint density at radius 1 is 1.33 bits per heavy atom. The summed E-state index contributed by atoms with van der Waals surface area (Å²) in [5.41, 5.74) is 0.932. The minimum absolute atomic E-state index is 0.0723. The molecule has 0 saturated carbocycles. The Hall–Kier alpha value is -1.71. The van der Waals surface area contributed by atoms with Gasteiger partial charge in [0.1, 0.15) is 17.0 Å². The van der Waals surface area contributed by atoms with Gasteiger partial charge < -0.3 is 0 Å². The summed E-state index contributed by atoms with van der Waals surface area (Å²) in [5, 5.41) is 0.0723. The highest BCUT2D eigenvalue weighted by Crippen LogP contribution is 2.16. The Bertz CT molecular complexity index is 602. The van der Waals surface area contributed by atoms with Crippen LogP contribution in [0.1, 0.15) is 11.4 Å². The molecule has 0 aliphatic heterocycles. The molecule has 0 fully saturated rings. The molecule has 3 nitrogen and oxygen atoms in total. The first-order chi connectivity index (χ1) is 7.02. The number of nitrogens with zero attached hydrogens (tertiary/aromatic N) is 2. The van der Waals surface area contributed by atoms with Gasteiger partial charge in [-0.05, 0) is 25.5 Å². The molecule has 15 heavy (non-hydrogen) atoms. The smallest absolute Gasteiger partial charge is 0.264 e. The fourth-order valence-corrected chi connectivity index (χ4v) is 1.57. The molecule has 1 aromatic heterocycles. The van der Waals surface area contributed by atoms with Gasteiger partial charge in [0.25, 0.3) is 5.56 Å². The zero-order valence-corrected chi connectivity index (χ0v) is 8.84. The second-order valence-corrected chi connectivity index (χ2v) is 3.61. The van der Waals surface area contributed by atoms with Gasteiger partial charge in [-0.1, -0.05) is 6.07 Å². The van der Waals surface area contributed by atoms with Crippen molar-refractivity contribution in [1.82, 2.24) is 9.55 Å². The number of benzene rings is 1. The van der Waals surface area contributed by atoms with Crippen LogP contribution in [0.3, 0.4) is 0 Å². The number of halogens is 1. The average Bonchev–Trinajstić information content (AvgIpc) is 2.20. The maximum Gasteiger partial charge on any atom is 0.264 e. The standard InChI is InChI=1S/C11H11FN2O/c1-6-4-5-8(12)9-10(6)13-7(2)14(3)11(9)15/h4-5H,1-3H3. The first-order valence-electron chi connectivity index (χ1n) is 4.65. The Labute approximate surface area is 86.2 Å². The Morgan fingerprint density at radius 3 is 2.67 bits per heavy atom. The highest BCUT2D eigenvalue weighted by atomic mass is 19.1. The second-order valence-electron chi connectivity index (χ2n) is 3.61. The van der Waals surface area contributed by atoms with Crippen LogP contribution in [0.5, 0.6) is 0 Å². The van der Waals surface area contributed by atoms with E-state index in [1.54, 1.807) is 20.0 Å². The number of hydrogen-bond acceptors (Lipinski definition) is 2. The molecule has 0 bridgehead atoms. The molecule has 78 valence electrons. The number of aromatic nitrogens is 2. The molecule has 4 heteroatoms. The molecule has 2 rings (SSSR count). The lowest BCUT2D eigenvalue weighted by Gasteiger charge is -2.07. The van der Waals surface area contributed by atoms with Crippen molar-refractivity contribution >= 4 is 10.9 Å². The quantitative estimate of drug-likeness (QED) is 0.657. The van der Waals surface area contributed by atoms with E-state index < -0.39 is 5.82 Å². The van der Waals surface area contributed by atoms with Crippen LogP contribution in [0.15, 0.2) is 16.9 Å². The van der Waals surface area contributed by atoms with Gasteiger partial charge in [0.2, 0.25) is 0 Å². The highest BCUT2D eigenvalue weighted by Gasteiger charge is 2.11. The van der Waals surface area contributed by atoms with E-state index in [2.05, 4.69) is 4.98 Å². The molecule has 0 saturated heterocycles. The van der Waals surface area contributed by atoms with E-state index in [1.165, 1.54) is 10.6 Å². The fourth-order valence-electron chi connectivity index (χ4n) is 1.57. The van der Waals surface area contributed by atoms with Crippen molar-refractivity contribution in [2.45, 2.75) is 13.8 Å². The minimum Gasteiger partial charge on any atom is -0.299 e. The van der Waals surface area contributed by atoms with Crippen molar-refractivity contribution in [3.8, 4) is 0 Å². The molecule has 0 unspecified atom stereocenters. The van der Waals surface area contributed by atoms with Crippen LogP contribution >= 0.6 is 0 Å². The molecular formula is C11H11FN2O. The Morgan fingerprint density at radius 2 is 2.00 bits per heavy atom. The summed E-state index contributed by atoms with van der Waals surface area (Å²) in [6.45, 7) is 3.54. The maximum atomic E-state index is 13.5. The zero-order chi connectivity index (χ0) is 11.2. The molecule has 0 aliphatic rings. The summed E-state index contributed by atoms with van der Waals surface area (Å²) in [4.78, 5) is 16.0. The van der Waals surface area contributed by atoms with Gasteiger partial charge in [-0.25, -0.2) is 9.37 Å². The lowest BCUT2D eigenvalue weighted by molar-refractivity contribution is 0.635. The van der Waals surface area contributed by atoms with Crippen LogP contribution in [0.4, 0.5) is 4.39 Å². The van der Waals surface area contributed by atoms with Crippen LogP contribution in [-0.4, -0.2) is 9.55 Å². The summed E-state index contributed by atoms with van der Waals surface area (Å²) < 4.78 is 14.8. The highest BCUT2D eigenvalue weighted by molar-refractivity contribution is 5.81. The van der Waals surface area contributed by atoms with E-state index >= 15 is 0 Å². The Kier molecular flexibility index (Phi) is 2.07. The van der Waals surface area contributed by atoms with E-state index in [9.17, 15) is 9.18 Å². The van der Waals surface area contributed by atoms with E-state index in [-0.39, 0.29) is 10.9 Å². The third-order valence-corrected chi connectivity index (χ3v) is 2.61. The number of fused-ring (bicyclic) bond motifs is 1. The van der Waals surface area contributed by atoms with E-state index in [4.69, 9.17) is 0 Å². The third-order valence-electron chi connectivity index (χ3n) is 2.61. The van der Waals surface area contributed by atoms with Crippen LogP contribution in [0, 0.1) is 19.7 Å². The predicted molar refractivity (Wildman–Crippen MR) is 56.4 cm³/mol. The van der Waals surface area contributed by atoms with E-state index in [0.717, 1.165) is 5.56 Å². The first-order valence-corrected chi connectivity index (χ1v) is 4.65. The fraction of sp³-hybridized carbons (Fsp3) is 0.273. The van der Waals surface area contributed by atoms with E-state index in [0.29, 0.717) is 11.3 Å². The van der Waals surface area contributed by atoms with Crippen molar-refractivity contribution in [1.29, 1.82) is 0 Å². The van der Waals surface area contributed by atoms with Gasteiger partial charge >= 0.3 is 0 Å². The summed E-state index contributed by atoms with van der Waals surface area (Å²) >= 11 is 0. The predicted octanol–water partition coefficient (Wildman–Crippen LogP) is 1.69. The van der Waals surface area contributed by atoms with Gasteiger partial charge in [-0.15, -0.1) is 0 Å². The van der Waals surface area contributed by atoms with Crippen molar-refractivity contribution < 1.29 is 4.39 Å². The molecule has 0 spiro atoms. The maximum absolute atomic E-state index is 13.5. The number of rotatable bonds is 0. The second kappa shape index (κ2) is 3.15. The summed E-state index contributed by atoms with van der Waals surface area (Å²) in [6.07, 6.45) is 0. The molecule has 0 aliphatic carbocycles. The molecular weight excluding hydrogens is 195 g/mol. The molecule has 0 amide bonds. The summed E-state index contributed by atoms with van der Waals surface area (Å²) in [5.74, 6) is 0.0740. The lowest BCUT2D eigenvalue weighted by Crippen LogP contribution is -2.21. The van der Waals surface area contributed by atoms with Crippen molar-refractivity contribution in [3.63, 3.8) is 0 Å². The van der Waals surface area contributed by atoms with Crippen molar-refractivity contribution in [2.75, 3.05) is 0 Å². The summed E-state index contributed by atoms with van der Waals surface area (Å²) in [6, 6.07) is 2.93. The minimum atomic E-state index is -0.510. The van der Waals surface area contributed by atoms with Gasteiger partial charge in [0, 0.05) is 7.05 Å². The number of aryl methyl sites for hydroxylation is 2. The van der Waals surface area contributed by atoms with Gasteiger partial charge in [0.05, 0.1) is 5.52 Å². The SMILES string of the molecule is Cc1ccc(F)c2c(=O)n(C)c(C)nc12. The van der Waals surface area contributed by atoms with Gasteiger partial charge in [-0.3, -0.25) is 9.36 Å². The van der Waals surface area contributed by atoms with Crippen LogP contribution in [-0.2, 0) is 7.05 Å². The third kappa shape index (κ3) is 1.33. The first kappa shape index (κ1) is 9.83. The number of hydrogen-bond donors (Lipinski definition) is 0. The molecule has 1 aromatic carbocycles. The monoisotopic (exact) mass is 206 g/mol. The van der Waals surface area contributed by atoms with Gasteiger partial charge in [-0.2, -0.15) is 0 Å². The summed E-state index contributed by atoms with van der Waals surface area (Å²) in [7, 11) is 1.59. The van der Waals surface area contributed by atoms with Gasteiger partial charge in [0.15, 0.2) is 0 Å². The molecule has 0 atom stereocenters. The normalized spacial score (nSPS) is 10.9. The van der Waals surface area contributed by atoms with Crippen LogP contribution in [0.25, 0.3) is 10.9 Å². The van der Waals surface area contributed by atoms with Crippen LogP contribution < -0.4 is 5.56 Å². The largest absolute Gasteiger partial charge is 0.299 e. The van der Waals surface area contributed by atoms with Crippen LogP contribution in [0.2, 0.25) is 0 Å². The van der Waals surface area contributed by atoms with Crippen molar-refractivity contribution in [2.24, 2.45) is 7.05 Å².